The third-order valence-corrected chi connectivity index (χ3v) is 3.42. The molecule has 1 aromatic heterocycles. The van der Waals surface area contributed by atoms with Crippen LogP contribution >= 0.6 is 0 Å². The number of hydrogen-bond donors (Lipinski definition) is 1. The number of pyridine rings is 1. The summed E-state index contributed by atoms with van der Waals surface area (Å²) in [6.45, 7) is 6.30. The van der Waals surface area contributed by atoms with Crippen molar-refractivity contribution in [1.82, 2.24) is 9.88 Å². The molecule has 0 spiro atoms. The van der Waals surface area contributed by atoms with Crippen molar-refractivity contribution in [2.75, 3.05) is 13.1 Å². The van der Waals surface area contributed by atoms with Crippen molar-refractivity contribution in [1.29, 1.82) is 0 Å². The highest BCUT2D eigenvalue weighted by atomic mass is 19.1. The monoisotopic (exact) mass is 340 g/mol. The lowest BCUT2D eigenvalue weighted by Gasteiger charge is -2.33. The van der Waals surface area contributed by atoms with Crippen LogP contribution in [0.2, 0.25) is 0 Å². The topological polar surface area (TPSA) is 89.0 Å². The zero-order valence-corrected chi connectivity index (χ0v) is 13.9. The zero-order valence-electron chi connectivity index (χ0n) is 13.9. The number of carboxylic acid groups (broad SMARTS) is 1. The first-order valence-electron chi connectivity index (χ1n) is 7.70. The molecule has 1 saturated heterocycles. The van der Waals surface area contributed by atoms with Gasteiger partial charge in [-0.3, -0.25) is 0 Å². The van der Waals surface area contributed by atoms with Crippen LogP contribution in [0.5, 0.6) is 5.75 Å². The number of hydrogen-bond acceptors (Lipinski definition) is 5. The molecule has 24 heavy (non-hydrogen) atoms. The summed E-state index contributed by atoms with van der Waals surface area (Å²) in [7, 11) is 0. The number of aromatic nitrogens is 1. The second-order valence-electron chi connectivity index (χ2n) is 6.58. The molecule has 7 nitrogen and oxygen atoms in total. The second kappa shape index (κ2) is 7.02. The van der Waals surface area contributed by atoms with E-state index >= 15 is 0 Å². The Morgan fingerprint density at radius 1 is 1.29 bits per heavy atom. The Hall–Kier alpha value is -2.38. The Kier molecular flexibility index (Phi) is 5.26. The number of likely N-dealkylation sites (tertiary alicyclic amines) is 1. The Morgan fingerprint density at radius 3 is 2.42 bits per heavy atom. The summed E-state index contributed by atoms with van der Waals surface area (Å²) in [6.07, 6.45) is 0.411. The van der Waals surface area contributed by atoms with Gasteiger partial charge in [-0.1, -0.05) is 0 Å². The van der Waals surface area contributed by atoms with Crippen molar-refractivity contribution in [3.63, 3.8) is 0 Å². The van der Waals surface area contributed by atoms with Crippen LogP contribution in [-0.2, 0) is 4.74 Å². The molecule has 1 amide bonds. The van der Waals surface area contributed by atoms with Gasteiger partial charge in [-0.05, 0) is 32.9 Å². The summed E-state index contributed by atoms with van der Waals surface area (Å²) in [6, 6.07) is 2.45. The van der Waals surface area contributed by atoms with Crippen molar-refractivity contribution < 1.29 is 28.6 Å². The van der Waals surface area contributed by atoms with Crippen molar-refractivity contribution in [3.05, 3.63) is 23.8 Å². The van der Waals surface area contributed by atoms with Crippen LogP contribution < -0.4 is 4.74 Å². The molecule has 1 aliphatic rings. The number of carbonyl (C=O) groups is 2. The standard InChI is InChI=1S/C16H21FN2O5/c1-16(2,3)24-15(22)19-8-6-10(7-9-19)23-12-5-4-11(14(20)21)18-13(12)17/h4-5,10H,6-9H2,1-3H3,(H,20,21). The van der Waals surface area contributed by atoms with E-state index in [4.69, 9.17) is 14.6 Å². The van der Waals surface area contributed by atoms with E-state index in [0.29, 0.717) is 25.9 Å². The number of carboxylic acids is 1. The van der Waals surface area contributed by atoms with E-state index in [2.05, 4.69) is 4.98 Å². The summed E-state index contributed by atoms with van der Waals surface area (Å²) in [5, 5.41) is 8.76. The summed E-state index contributed by atoms with van der Waals surface area (Å²) in [4.78, 5) is 27.6. The summed E-state index contributed by atoms with van der Waals surface area (Å²) in [5.74, 6) is -2.34. The lowest BCUT2D eigenvalue weighted by molar-refractivity contribution is 0.0122. The molecule has 0 radical (unpaired) electrons. The number of aromatic carboxylic acids is 1. The first-order valence-corrected chi connectivity index (χ1v) is 7.70. The molecule has 132 valence electrons. The maximum atomic E-state index is 13.8. The van der Waals surface area contributed by atoms with Gasteiger partial charge in [-0.2, -0.15) is 4.39 Å². The van der Waals surface area contributed by atoms with Crippen LogP contribution in [0.25, 0.3) is 0 Å². The summed E-state index contributed by atoms with van der Waals surface area (Å²) in [5.41, 5.74) is -0.926. The van der Waals surface area contributed by atoms with Gasteiger partial charge in [0.05, 0.1) is 0 Å². The van der Waals surface area contributed by atoms with Gasteiger partial charge >= 0.3 is 12.1 Å². The van der Waals surface area contributed by atoms with Crippen LogP contribution in [0, 0.1) is 5.95 Å². The minimum atomic E-state index is -1.30. The molecule has 0 saturated carbocycles. The third-order valence-electron chi connectivity index (χ3n) is 3.42. The van der Waals surface area contributed by atoms with Gasteiger partial charge in [0.25, 0.3) is 5.95 Å². The van der Waals surface area contributed by atoms with Gasteiger partial charge in [0.15, 0.2) is 11.4 Å². The molecule has 0 unspecified atom stereocenters. The van der Waals surface area contributed by atoms with E-state index in [1.807, 2.05) is 0 Å². The average molecular weight is 340 g/mol. The van der Waals surface area contributed by atoms with E-state index in [1.54, 1.807) is 25.7 Å². The SMILES string of the molecule is CC(C)(C)OC(=O)N1CCC(Oc2ccc(C(=O)O)nc2F)CC1. The number of nitrogens with zero attached hydrogens (tertiary/aromatic N) is 2. The van der Waals surface area contributed by atoms with Crippen LogP contribution in [0.4, 0.5) is 9.18 Å². The third kappa shape index (κ3) is 4.81. The van der Waals surface area contributed by atoms with Gasteiger partial charge in [-0.25, -0.2) is 14.6 Å². The van der Waals surface area contributed by atoms with E-state index < -0.39 is 17.5 Å². The average Bonchev–Trinajstić information content (AvgIpc) is 2.48. The normalized spacial score (nSPS) is 15.9. The first kappa shape index (κ1) is 18.0. The fraction of sp³-hybridized carbons (Fsp3) is 0.562. The maximum absolute atomic E-state index is 13.8. The van der Waals surface area contributed by atoms with Gasteiger partial charge in [-0.15, -0.1) is 0 Å². The number of piperidine rings is 1. The first-order chi connectivity index (χ1) is 11.2. The molecular weight excluding hydrogens is 319 g/mol. The summed E-state index contributed by atoms with van der Waals surface area (Å²) < 4.78 is 24.6. The quantitative estimate of drug-likeness (QED) is 0.851. The Bertz CT molecular complexity index is 621. The predicted molar refractivity (Wildman–Crippen MR) is 82.6 cm³/mol. The summed E-state index contributed by atoms with van der Waals surface area (Å²) >= 11 is 0. The molecule has 1 N–H and O–H groups in total. The fourth-order valence-corrected chi connectivity index (χ4v) is 2.29. The van der Waals surface area contributed by atoms with Crippen LogP contribution in [0.3, 0.4) is 0 Å². The van der Waals surface area contributed by atoms with Gasteiger partial charge in [0, 0.05) is 25.9 Å². The molecule has 0 atom stereocenters. The van der Waals surface area contributed by atoms with Crippen molar-refractivity contribution >= 4 is 12.1 Å². The Balaban J connectivity index is 1.89. The van der Waals surface area contributed by atoms with Crippen LogP contribution in [0.15, 0.2) is 12.1 Å². The molecule has 0 aliphatic carbocycles. The number of carbonyl (C=O) groups excluding carboxylic acids is 1. The van der Waals surface area contributed by atoms with E-state index in [-0.39, 0.29) is 23.6 Å². The second-order valence-corrected chi connectivity index (χ2v) is 6.58. The van der Waals surface area contributed by atoms with Crippen molar-refractivity contribution in [2.45, 2.75) is 45.3 Å². The molecule has 2 rings (SSSR count). The van der Waals surface area contributed by atoms with Gasteiger partial charge in [0.1, 0.15) is 11.7 Å². The largest absolute Gasteiger partial charge is 0.485 e. The number of halogens is 1. The molecule has 1 aromatic rings. The number of rotatable bonds is 3. The number of amides is 1. The highest BCUT2D eigenvalue weighted by Gasteiger charge is 2.28. The molecule has 2 heterocycles. The zero-order chi connectivity index (χ0) is 17.9. The minimum Gasteiger partial charge on any atom is -0.485 e. The molecule has 0 aromatic carbocycles. The van der Waals surface area contributed by atoms with Crippen LogP contribution in [0.1, 0.15) is 44.1 Å². The van der Waals surface area contributed by atoms with Crippen molar-refractivity contribution in [3.8, 4) is 5.75 Å². The predicted octanol–water partition coefficient (Wildman–Crippen LogP) is 2.70. The molecule has 0 bridgehead atoms. The smallest absolute Gasteiger partial charge is 0.410 e. The molecule has 1 aliphatic heterocycles. The van der Waals surface area contributed by atoms with Gasteiger partial charge < -0.3 is 19.5 Å². The lowest BCUT2D eigenvalue weighted by atomic mass is 10.1. The highest BCUT2D eigenvalue weighted by Crippen LogP contribution is 2.22. The maximum Gasteiger partial charge on any atom is 0.410 e. The van der Waals surface area contributed by atoms with E-state index in [1.165, 1.54) is 12.1 Å². The Labute approximate surface area is 139 Å². The van der Waals surface area contributed by atoms with Gasteiger partial charge in [0.2, 0.25) is 0 Å². The minimum absolute atomic E-state index is 0.0873. The molecular formula is C16H21FN2O5. The van der Waals surface area contributed by atoms with E-state index in [9.17, 15) is 14.0 Å². The number of ether oxygens (including phenoxy) is 2. The highest BCUT2D eigenvalue weighted by molar-refractivity contribution is 5.85. The molecule has 1 fully saturated rings. The van der Waals surface area contributed by atoms with E-state index in [0.717, 1.165) is 0 Å². The molecule has 8 heteroatoms. The van der Waals surface area contributed by atoms with Crippen LogP contribution in [-0.4, -0.2) is 51.8 Å². The fourth-order valence-electron chi connectivity index (χ4n) is 2.29. The van der Waals surface area contributed by atoms with Crippen molar-refractivity contribution in [2.24, 2.45) is 0 Å². The Morgan fingerprint density at radius 2 is 1.92 bits per heavy atom. The lowest BCUT2D eigenvalue weighted by Crippen LogP contribution is -2.44.